The van der Waals surface area contributed by atoms with E-state index in [2.05, 4.69) is 4.98 Å². The summed E-state index contributed by atoms with van der Waals surface area (Å²) in [5.41, 5.74) is 1.35. The minimum absolute atomic E-state index is 0.000175. The van der Waals surface area contributed by atoms with Gasteiger partial charge in [0.05, 0.1) is 16.6 Å². The minimum atomic E-state index is -0.000175. The van der Waals surface area contributed by atoms with Crippen molar-refractivity contribution in [2.45, 2.75) is 11.8 Å². The Hall–Kier alpha value is -1.21. The second kappa shape index (κ2) is 7.13. The lowest BCUT2D eigenvalue weighted by Crippen LogP contribution is -2.27. The Bertz CT molecular complexity index is 847. The molecule has 0 saturated heterocycles. The van der Waals surface area contributed by atoms with Gasteiger partial charge in [-0.1, -0.05) is 35.0 Å². The first-order valence-corrected chi connectivity index (χ1v) is 9.24. The largest absolute Gasteiger partial charge is 0.431 e. The molecule has 0 bridgehead atoms. The first kappa shape index (κ1) is 16.6. The number of fused-ring (bicyclic) bond motifs is 1. The molecule has 0 fully saturated rings. The van der Waals surface area contributed by atoms with Crippen LogP contribution in [0.4, 0.5) is 0 Å². The summed E-state index contributed by atoms with van der Waals surface area (Å²) in [6, 6.07) is 9.01. The highest BCUT2D eigenvalue weighted by Crippen LogP contribution is 2.26. The standard InChI is InChI=1S/C15H12Cl2N2O2S2/c1-19(7-10-3-5-13(17)23-10)14(20)8-22-15-18-11-4-2-9(16)6-12(11)21-15/h2-6H,7-8H2,1H3. The van der Waals surface area contributed by atoms with E-state index in [4.69, 9.17) is 27.6 Å². The zero-order valence-electron chi connectivity index (χ0n) is 12.1. The van der Waals surface area contributed by atoms with Crippen molar-refractivity contribution in [3.63, 3.8) is 0 Å². The Kier molecular flexibility index (Phi) is 5.16. The first-order chi connectivity index (χ1) is 11.0. The van der Waals surface area contributed by atoms with Crippen LogP contribution in [0.15, 0.2) is 40.0 Å². The summed E-state index contributed by atoms with van der Waals surface area (Å²) in [5.74, 6) is 0.260. The van der Waals surface area contributed by atoms with Crippen molar-refractivity contribution in [1.82, 2.24) is 9.88 Å². The second-order valence-electron chi connectivity index (χ2n) is 4.84. The fourth-order valence-corrected chi connectivity index (χ4v) is 4.01. The van der Waals surface area contributed by atoms with Crippen LogP contribution in [0.5, 0.6) is 0 Å². The number of thioether (sulfide) groups is 1. The average molecular weight is 387 g/mol. The Labute approximate surface area is 151 Å². The number of hydrogen-bond acceptors (Lipinski definition) is 5. The molecule has 0 unspecified atom stereocenters. The number of nitrogens with zero attached hydrogens (tertiary/aromatic N) is 2. The third-order valence-electron chi connectivity index (χ3n) is 3.10. The number of carbonyl (C=O) groups excluding carboxylic acids is 1. The normalized spacial score (nSPS) is 11.1. The second-order valence-corrected chi connectivity index (χ2v) is 8.00. The maximum absolute atomic E-state index is 12.2. The quantitative estimate of drug-likeness (QED) is 0.582. The van der Waals surface area contributed by atoms with Crippen molar-refractivity contribution in [3.05, 3.63) is 44.6 Å². The Balaban J connectivity index is 1.58. The van der Waals surface area contributed by atoms with Crippen molar-refractivity contribution in [1.29, 1.82) is 0 Å². The number of thiophene rings is 1. The van der Waals surface area contributed by atoms with Gasteiger partial charge in [-0.05, 0) is 24.3 Å². The van der Waals surface area contributed by atoms with Crippen LogP contribution in [-0.2, 0) is 11.3 Å². The number of amides is 1. The maximum atomic E-state index is 12.2. The summed E-state index contributed by atoms with van der Waals surface area (Å²) in [6.07, 6.45) is 0. The van der Waals surface area contributed by atoms with Crippen LogP contribution in [0.1, 0.15) is 4.88 Å². The SMILES string of the molecule is CN(Cc1ccc(Cl)s1)C(=O)CSc1nc2ccc(Cl)cc2o1. The smallest absolute Gasteiger partial charge is 0.257 e. The lowest BCUT2D eigenvalue weighted by molar-refractivity contribution is -0.127. The van der Waals surface area contributed by atoms with Gasteiger partial charge >= 0.3 is 0 Å². The number of benzene rings is 1. The van der Waals surface area contributed by atoms with Crippen molar-refractivity contribution in [2.75, 3.05) is 12.8 Å². The van der Waals surface area contributed by atoms with E-state index in [0.29, 0.717) is 22.4 Å². The van der Waals surface area contributed by atoms with Crippen molar-refractivity contribution < 1.29 is 9.21 Å². The monoisotopic (exact) mass is 386 g/mol. The van der Waals surface area contributed by atoms with Gasteiger partial charge in [0.25, 0.3) is 5.22 Å². The summed E-state index contributed by atoms with van der Waals surface area (Å²) in [6.45, 7) is 0.542. The van der Waals surface area contributed by atoms with Gasteiger partial charge in [0.2, 0.25) is 5.91 Å². The van der Waals surface area contributed by atoms with Gasteiger partial charge in [0, 0.05) is 23.0 Å². The van der Waals surface area contributed by atoms with Crippen LogP contribution in [0.2, 0.25) is 9.36 Å². The highest BCUT2D eigenvalue weighted by molar-refractivity contribution is 7.99. The third-order valence-corrected chi connectivity index (χ3v) is 5.36. The fourth-order valence-electron chi connectivity index (χ4n) is 1.93. The number of carbonyl (C=O) groups is 1. The number of rotatable bonds is 5. The van der Waals surface area contributed by atoms with Crippen LogP contribution < -0.4 is 0 Å². The van der Waals surface area contributed by atoms with Gasteiger partial charge in [-0.3, -0.25) is 4.79 Å². The summed E-state index contributed by atoms with van der Waals surface area (Å²) in [5, 5.41) is 1.05. The van der Waals surface area contributed by atoms with Crippen molar-refractivity contribution in [2.24, 2.45) is 0 Å². The topological polar surface area (TPSA) is 46.3 Å². The molecule has 2 aromatic heterocycles. The fraction of sp³-hybridized carbons (Fsp3) is 0.200. The Morgan fingerprint density at radius 3 is 2.91 bits per heavy atom. The predicted molar refractivity (Wildman–Crippen MR) is 95.5 cm³/mol. The summed E-state index contributed by atoms with van der Waals surface area (Å²) >= 11 is 14.6. The predicted octanol–water partition coefficient (Wildman–Crippen LogP) is 4.95. The molecule has 120 valence electrons. The van der Waals surface area contributed by atoms with Gasteiger partial charge in [-0.2, -0.15) is 0 Å². The molecule has 8 heteroatoms. The molecule has 1 aromatic carbocycles. The van der Waals surface area contributed by atoms with Crippen molar-refractivity contribution >= 4 is 63.3 Å². The zero-order valence-corrected chi connectivity index (χ0v) is 15.2. The molecule has 2 heterocycles. The first-order valence-electron chi connectivity index (χ1n) is 6.68. The van der Waals surface area contributed by atoms with Crippen LogP contribution in [0, 0.1) is 0 Å². The molecule has 0 spiro atoms. The average Bonchev–Trinajstić information content (AvgIpc) is 3.10. The van der Waals surface area contributed by atoms with Crippen LogP contribution in [-0.4, -0.2) is 28.6 Å². The van der Waals surface area contributed by atoms with E-state index in [0.717, 1.165) is 14.7 Å². The molecule has 0 aliphatic rings. The Morgan fingerprint density at radius 1 is 1.35 bits per heavy atom. The number of aromatic nitrogens is 1. The van der Waals surface area contributed by atoms with E-state index in [-0.39, 0.29) is 11.7 Å². The molecule has 4 nitrogen and oxygen atoms in total. The van der Waals surface area contributed by atoms with Gasteiger partial charge in [0.1, 0.15) is 5.52 Å². The van der Waals surface area contributed by atoms with E-state index >= 15 is 0 Å². The van der Waals surface area contributed by atoms with Gasteiger partial charge in [-0.25, -0.2) is 4.98 Å². The molecule has 3 rings (SSSR count). The third kappa shape index (κ3) is 4.20. The lowest BCUT2D eigenvalue weighted by atomic mass is 10.3. The highest BCUT2D eigenvalue weighted by atomic mass is 35.5. The van der Waals surface area contributed by atoms with E-state index in [1.807, 2.05) is 12.1 Å². The number of hydrogen-bond donors (Lipinski definition) is 0. The molecule has 0 saturated carbocycles. The van der Waals surface area contributed by atoms with Crippen molar-refractivity contribution in [3.8, 4) is 0 Å². The molecule has 0 atom stereocenters. The molecule has 0 radical (unpaired) electrons. The number of oxazole rings is 1. The molecular formula is C15H12Cl2N2O2S2. The van der Waals surface area contributed by atoms with Crippen LogP contribution in [0.3, 0.4) is 0 Å². The van der Waals surface area contributed by atoms with Crippen LogP contribution in [0.25, 0.3) is 11.1 Å². The summed E-state index contributed by atoms with van der Waals surface area (Å²) in [4.78, 5) is 19.2. The molecule has 0 aliphatic carbocycles. The van der Waals surface area contributed by atoms with E-state index in [1.165, 1.54) is 23.1 Å². The molecule has 0 N–H and O–H groups in total. The van der Waals surface area contributed by atoms with Gasteiger partial charge in [-0.15, -0.1) is 11.3 Å². The molecule has 23 heavy (non-hydrogen) atoms. The lowest BCUT2D eigenvalue weighted by Gasteiger charge is -2.15. The molecular weight excluding hydrogens is 375 g/mol. The van der Waals surface area contributed by atoms with Gasteiger partial charge < -0.3 is 9.32 Å². The van der Waals surface area contributed by atoms with Gasteiger partial charge in [0.15, 0.2) is 5.58 Å². The molecule has 0 aliphatic heterocycles. The summed E-state index contributed by atoms with van der Waals surface area (Å²) < 4.78 is 6.30. The van der Waals surface area contributed by atoms with E-state index < -0.39 is 0 Å². The zero-order chi connectivity index (χ0) is 16.4. The molecule has 1 amide bonds. The maximum Gasteiger partial charge on any atom is 0.257 e. The van der Waals surface area contributed by atoms with E-state index in [1.54, 1.807) is 30.1 Å². The number of halogens is 2. The minimum Gasteiger partial charge on any atom is -0.431 e. The van der Waals surface area contributed by atoms with E-state index in [9.17, 15) is 4.79 Å². The Morgan fingerprint density at radius 2 is 2.17 bits per heavy atom. The van der Waals surface area contributed by atoms with Crippen LogP contribution >= 0.6 is 46.3 Å². The molecule has 3 aromatic rings. The highest BCUT2D eigenvalue weighted by Gasteiger charge is 2.14. The summed E-state index contributed by atoms with van der Waals surface area (Å²) in [7, 11) is 1.77.